The van der Waals surface area contributed by atoms with Crippen molar-refractivity contribution in [3.8, 4) is 6.07 Å². The Balaban J connectivity index is 2.07. The maximum Gasteiger partial charge on any atom is 0.267 e. The number of sulfonamides is 1. The van der Waals surface area contributed by atoms with Crippen LogP contribution in [0.25, 0.3) is 0 Å². The first-order valence-electron chi connectivity index (χ1n) is 6.06. The summed E-state index contributed by atoms with van der Waals surface area (Å²) in [4.78, 5) is 15.6. The van der Waals surface area contributed by atoms with E-state index >= 15 is 0 Å². The molecule has 1 aromatic heterocycles. The van der Waals surface area contributed by atoms with Gasteiger partial charge in [-0.1, -0.05) is 0 Å². The van der Waals surface area contributed by atoms with Gasteiger partial charge in [-0.2, -0.15) is 15.3 Å². The molecule has 0 bridgehead atoms. The Morgan fingerprint density at radius 3 is 2.57 bits per heavy atom. The summed E-state index contributed by atoms with van der Waals surface area (Å²) in [5.74, 6) is -0.411. The Morgan fingerprint density at radius 2 is 2.04 bits per heavy atom. The monoisotopic (exact) mass is 333 g/mol. The fraction of sp³-hybridized carbons (Fsp3) is 0. The minimum atomic E-state index is -3.81. The quantitative estimate of drug-likeness (QED) is 0.438. The van der Waals surface area contributed by atoms with Gasteiger partial charge in [0.15, 0.2) is 0 Å². The molecule has 2 aromatic rings. The molecule has 0 aliphatic rings. The summed E-state index contributed by atoms with van der Waals surface area (Å²) in [6.45, 7) is 0. The van der Waals surface area contributed by atoms with E-state index in [0.717, 1.165) is 6.20 Å². The van der Waals surface area contributed by atoms with Crippen molar-refractivity contribution >= 4 is 27.6 Å². The van der Waals surface area contributed by atoms with Crippen LogP contribution in [0.15, 0.2) is 47.3 Å². The molecule has 0 aliphatic carbocycles. The number of carbonyl (C=O) groups excluding carboxylic acids is 1. The molecule has 0 fully saturated rings. The lowest BCUT2D eigenvalue weighted by Gasteiger charge is -2.05. The van der Waals surface area contributed by atoms with Crippen molar-refractivity contribution in [1.29, 1.82) is 5.26 Å². The van der Waals surface area contributed by atoms with E-state index < -0.39 is 15.9 Å². The first kappa shape index (κ1) is 16.1. The third-order valence-corrected chi connectivity index (χ3v) is 3.50. The topological polar surface area (TPSA) is 167 Å². The predicted molar refractivity (Wildman–Crippen MR) is 80.1 cm³/mol. The highest BCUT2D eigenvalue weighted by Crippen LogP contribution is 2.13. The lowest BCUT2D eigenvalue weighted by atomic mass is 10.2. The smallest absolute Gasteiger partial charge is 0.267 e. The zero-order valence-electron chi connectivity index (χ0n) is 11.5. The summed E-state index contributed by atoms with van der Waals surface area (Å²) in [6.07, 6.45) is 2.42. The van der Waals surface area contributed by atoms with Crippen LogP contribution in [0.5, 0.6) is 0 Å². The maximum atomic E-state index is 12.0. The third-order valence-electron chi connectivity index (χ3n) is 2.57. The number of H-pyrrole nitrogens is 1. The fourth-order valence-electron chi connectivity index (χ4n) is 1.49. The van der Waals surface area contributed by atoms with Crippen LogP contribution in [0.3, 0.4) is 0 Å². The highest BCUT2D eigenvalue weighted by atomic mass is 32.2. The van der Waals surface area contributed by atoms with Crippen molar-refractivity contribution in [2.24, 2.45) is 5.14 Å². The van der Waals surface area contributed by atoms with Gasteiger partial charge < -0.3 is 10.6 Å². The number of nitrogens with zero attached hydrogens (tertiary/aromatic N) is 3. The van der Waals surface area contributed by atoms with Gasteiger partial charge in [-0.3, -0.25) is 4.79 Å². The molecule has 0 aliphatic heterocycles. The number of carbonyl (C=O) groups is 1. The van der Waals surface area contributed by atoms with Crippen molar-refractivity contribution in [2.45, 2.75) is 4.90 Å². The second kappa shape index (κ2) is 6.69. The van der Waals surface area contributed by atoms with E-state index in [0.29, 0.717) is 5.69 Å². The molecule has 11 heteroatoms. The fourth-order valence-corrected chi connectivity index (χ4v) is 2.01. The van der Waals surface area contributed by atoms with Gasteiger partial charge in [-0.05, 0) is 24.3 Å². The highest BCUT2D eigenvalue weighted by molar-refractivity contribution is 7.89. The largest absolute Gasteiger partial charge is 0.330 e. The van der Waals surface area contributed by atoms with Crippen LogP contribution in [0, 0.1) is 11.3 Å². The number of aromatic nitrogens is 3. The summed E-state index contributed by atoms with van der Waals surface area (Å²) >= 11 is 0. The van der Waals surface area contributed by atoms with Gasteiger partial charge in [0, 0.05) is 11.9 Å². The Morgan fingerprint density at radius 1 is 1.35 bits per heavy atom. The normalized spacial score (nSPS) is 11.6. The van der Waals surface area contributed by atoms with Gasteiger partial charge in [-0.25, -0.2) is 18.7 Å². The molecule has 0 spiro atoms. The lowest BCUT2D eigenvalue weighted by molar-refractivity contribution is -0.112. The number of nitrogens with two attached hydrogens (primary N) is 1. The number of nitriles is 1. The van der Waals surface area contributed by atoms with E-state index in [2.05, 4.69) is 25.8 Å². The second-order valence-corrected chi connectivity index (χ2v) is 5.73. The first-order valence-corrected chi connectivity index (χ1v) is 7.61. The number of hydrogen-bond acceptors (Lipinski definition) is 7. The van der Waals surface area contributed by atoms with E-state index in [1.54, 1.807) is 6.07 Å². The molecule has 1 amide bonds. The molecule has 0 unspecified atom stereocenters. The zero-order valence-corrected chi connectivity index (χ0v) is 12.3. The number of anilines is 2. The number of nitrogens with one attached hydrogen (secondary N) is 3. The average Bonchev–Trinajstić information content (AvgIpc) is 3.01. The van der Waals surface area contributed by atoms with Crippen molar-refractivity contribution in [1.82, 2.24) is 15.2 Å². The van der Waals surface area contributed by atoms with Crippen LogP contribution >= 0.6 is 0 Å². The standard InChI is InChI=1S/C12H11N7O3S/c13-5-8(6-15-12-16-7-17-19-12)11(20)18-9-1-3-10(4-2-9)23(14,21)22/h1-4,6-7H,(H,18,20)(H2,14,21,22)(H2,15,16,17,19)/b8-6-. The number of amides is 1. The van der Waals surface area contributed by atoms with E-state index in [4.69, 9.17) is 10.4 Å². The van der Waals surface area contributed by atoms with Crippen LogP contribution in [0.1, 0.15) is 0 Å². The number of aromatic amines is 1. The molecule has 1 aromatic carbocycles. The number of hydrogen-bond donors (Lipinski definition) is 4. The summed E-state index contributed by atoms with van der Waals surface area (Å²) in [7, 11) is -3.81. The maximum absolute atomic E-state index is 12.0. The van der Waals surface area contributed by atoms with E-state index in [-0.39, 0.29) is 16.4 Å². The Bertz CT molecular complexity index is 864. The molecule has 0 atom stereocenters. The van der Waals surface area contributed by atoms with Crippen LogP contribution in [-0.4, -0.2) is 29.5 Å². The molecule has 10 nitrogen and oxygen atoms in total. The first-order chi connectivity index (χ1) is 10.9. The summed E-state index contributed by atoms with van der Waals surface area (Å²) in [5, 5.41) is 25.1. The van der Waals surface area contributed by atoms with Crippen LogP contribution in [0.4, 0.5) is 11.6 Å². The second-order valence-electron chi connectivity index (χ2n) is 4.17. The number of primary sulfonamides is 1. The molecule has 0 saturated heterocycles. The van der Waals surface area contributed by atoms with Crippen LogP contribution in [0.2, 0.25) is 0 Å². The van der Waals surface area contributed by atoms with Gasteiger partial charge >= 0.3 is 0 Å². The average molecular weight is 333 g/mol. The number of rotatable bonds is 5. The Hall–Kier alpha value is -3.23. The SMILES string of the molecule is N#C/C(=C/Nc1ncn[nH]1)C(=O)Nc1ccc(S(N)(=O)=O)cc1. The molecule has 118 valence electrons. The molecular weight excluding hydrogens is 322 g/mol. The summed E-state index contributed by atoms with van der Waals surface area (Å²) < 4.78 is 22.3. The number of benzene rings is 1. The van der Waals surface area contributed by atoms with Crippen LogP contribution < -0.4 is 15.8 Å². The van der Waals surface area contributed by atoms with Gasteiger partial charge in [0.2, 0.25) is 16.0 Å². The van der Waals surface area contributed by atoms with E-state index in [1.807, 2.05) is 0 Å². The minimum Gasteiger partial charge on any atom is -0.330 e. The lowest BCUT2D eigenvalue weighted by Crippen LogP contribution is -2.15. The summed E-state index contributed by atoms with van der Waals surface area (Å²) in [5.41, 5.74) is 0.0974. The molecule has 0 radical (unpaired) electrons. The van der Waals surface area contributed by atoms with Crippen molar-refractivity contribution in [2.75, 3.05) is 10.6 Å². The zero-order chi connectivity index (χ0) is 16.9. The molecular formula is C12H11N7O3S. The van der Waals surface area contributed by atoms with Crippen molar-refractivity contribution in [3.05, 3.63) is 42.4 Å². The molecule has 0 saturated carbocycles. The minimum absolute atomic E-state index is 0.0847. The van der Waals surface area contributed by atoms with E-state index in [1.165, 1.54) is 30.6 Å². The summed E-state index contributed by atoms with van der Waals surface area (Å²) in [6, 6.07) is 6.93. The van der Waals surface area contributed by atoms with Crippen molar-refractivity contribution < 1.29 is 13.2 Å². The predicted octanol–water partition coefficient (Wildman–Crippen LogP) is -0.0898. The van der Waals surface area contributed by atoms with Crippen LogP contribution in [-0.2, 0) is 14.8 Å². The molecule has 2 rings (SSSR count). The van der Waals surface area contributed by atoms with Gasteiger partial charge in [-0.15, -0.1) is 0 Å². The third kappa shape index (κ3) is 4.37. The Kier molecular flexibility index (Phi) is 4.69. The highest BCUT2D eigenvalue weighted by Gasteiger charge is 2.11. The van der Waals surface area contributed by atoms with Crippen molar-refractivity contribution in [3.63, 3.8) is 0 Å². The van der Waals surface area contributed by atoms with Gasteiger partial charge in [0.05, 0.1) is 4.90 Å². The van der Waals surface area contributed by atoms with Gasteiger partial charge in [0.1, 0.15) is 18.0 Å². The van der Waals surface area contributed by atoms with E-state index in [9.17, 15) is 13.2 Å². The Labute approximate surface area is 131 Å². The molecule has 1 heterocycles. The molecule has 23 heavy (non-hydrogen) atoms. The molecule has 5 N–H and O–H groups in total. The van der Waals surface area contributed by atoms with Gasteiger partial charge in [0.25, 0.3) is 5.91 Å².